The predicted octanol–water partition coefficient (Wildman–Crippen LogP) is 3.27. The first-order valence-corrected chi connectivity index (χ1v) is 8.08. The van der Waals surface area contributed by atoms with Crippen molar-refractivity contribution in [3.8, 4) is 0 Å². The Labute approximate surface area is 115 Å². The number of nitrogens with one attached hydrogen (secondary N) is 1. The summed E-state index contributed by atoms with van der Waals surface area (Å²) < 4.78 is 0. The Hall–Kier alpha value is -0.380. The van der Waals surface area contributed by atoms with Gasteiger partial charge in [0.1, 0.15) is 0 Å². The lowest BCUT2D eigenvalue weighted by Gasteiger charge is -2.29. The van der Waals surface area contributed by atoms with Gasteiger partial charge < -0.3 is 5.32 Å². The first kappa shape index (κ1) is 14.0. The average molecular weight is 266 g/mol. The lowest BCUT2D eigenvalue weighted by atomic mass is 9.99. The fourth-order valence-corrected chi connectivity index (χ4v) is 3.72. The van der Waals surface area contributed by atoms with Gasteiger partial charge in [-0.2, -0.15) is 0 Å². The average Bonchev–Trinajstić information content (AvgIpc) is 2.76. The second-order valence-corrected chi connectivity index (χ2v) is 6.83. The van der Waals surface area contributed by atoms with E-state index in [9.17, 15) is 0 Å². The molecule has 0 aliphatic carbocycles. The van der Waals surface area contributed by atoms with E-state index < -0.39 is 0 Å². The zero-order valence-corrected chi connectivity index (χ0v) is 12.6. The maximum absolute atomic E-state index is 3.53. The molecule has 1 aromatic rings. The van der Waals surface area contributed by atoms with Crippen molar-refractivity contribution in [1.82, 2.24) is 10.2 Å². The van der Waals surface area contributed by atoms with Crippen LogP contribution in [0.2, 0.25) is 0 Å². The molecule has 1 N–H and O–H groups in total. The minimum absolute atomic E-state index is 0.853. The third-order valence-electron chi connectivity index (χ3n) is 3.63. The Balaban J connectivity index is 1.86. The van der Waals surface area contributed by atoms with Crippen LogP contribution >= 0.6 is 11.3 Å². The summed E-state index contributed by atoms with van der Waals surface area (Å²) in [5.74, 6) is 0.853. The fourth-order valence-electron chi connectivity index (χ4n) is 2.79. The van der Waals surface area contributed by atoms with Gasteiger partial charge in [-0.25, -0.2) is 0 Å². The van der Waals surface area contributed by atoms with Gasteiger partial charge in [0, 0.05) is 22.8 Å². The van der Waals surface area contributed by atoms with Gasteiger partial charge in [-0.1, -0.05) is 6.92 Å². The molecule has 0 bridgehead atoms. The van der Waals surface area contributed by atoms with E-state index in [1.807, 2.05) is 11.3 Å². The van der Waals surface area contributed by atoms with Crippen molar-refractivity contribution in [2.45, 2.75) is 39.7 Å². The van der Waals surface area contributed by atoms with Gasteiger partial charge in [-0.15, -0.1) is 11.3 Å². The third kappa shape index (κ3) is 4.38. The Morgan fingerprint density at radius 2 is 2.33 bits per heavy atom. The largest absolute Gasteiger partial charge is 0.316 e. The highest BCUT2D eigenvalue weighted by Crippen LogP contribution is 2.19. The van der Waals surface area contributed by atoms with Crippen LogP contribution in [0.4, 0.5) is 0 Å². The van der Waals surface area contributed by atoms with Gasteiger partial charge in [0.05, 0.1) is 0 Å². The second kappa shape index (κ2) is 7.27. The lowest BCUT2D eigenvalue weighted by molar-refractivity contribution is 0.203. The minimum Gasteiger partial charge on any atom is -0.316 e. The van der Waals surface area contributed by atoms with Crippen molar-refractivity contribution in [3.63, 3.8) is 0 Å². The molecule has 1 atom stereocenters. The molecule has 2 heterocycles. The highest BCUT2D eigenvalue weighted by molar-refractivity contribution is 7.11. The van der Waals surface area contributed by atoms with Crippen molar-refractivity contribution in [2.75, 3.05) is 26.2 Å². The van der Waals surface area contributed by atoms with Crippen LogP contribution in [0.25, 0.3) is 0 Å². The fraction of sp³-hybridized carbons (Fsp3) is 0.733. The van der Waals surface area contributed by atoms with E-state index in [0.717, 1.165) is 12.5 Å². The van der Waals surface area contributed by atoms with Crippen LogP contribution < -0.4 is 5.32 Å². The summed E-state index contributed by atoms with van der Waals surface area (Å²) in [5, 5.41) is 3.53. The molecular weight excluding hydrogens is 240 g/mol. The summed E-state index contributed by atoms with van der Waals surface area (Å²) in [6.07, 6.45) is 4.00. The van der Waals surface area contributed by atoms with Crippen LogP contribution in [-0.4, -0.2) is 31.1 Å². The van der Waals surface area contributed by atoms with Gasteiger partial charge in [0.25, 0.3) is 0 Å². The van der Waals surface area contributed by atoms with E-state index in [1.54, 1.807) is 0 Å². The molecule has 1 aliphatic rings. The normalized spacial score (nSPS) is 20.5. The van der Waals surface area contributed by atoms with Crippen LogP contribution in [-0.2, 0) is 6.54 Å². The van der Waals surface area contributed by atoms with E-state index >= 15 is 0 Å². The third-order valence-corrected chi connectivity index (χ3v) is 4.62. The Morgan fingerprint density at radius 3 is 2.94 bits per heavy atom. The van der Waals surface area contributed by atoms with Crippen molar-refractivity contribution in [2.24, 2.45) is 5.92 Å². The molecule has 0 radical (unpaired) electrons. The van der Waals surface area contributed by atoms with Crippen LogP contribution in [0, 0.1) is 12.8 Å². The van der Waals surface area contributed by atoms with Crippen LogP contribution in [0.3, 0.4) is 0 Å². The van der Waals surface area contributed by atoms with E-state index in [0.29, 0.717) is 0 Å². The smallest absolute Gasteiger partial charge is 0.0328 e. The number of hydrogen-bond donors (Lipinski definition) is 1. The number of rotatable bonds is 6. The molecule has 0 aromatic carbocycles. The molecule has 0 spiro atoms. The summed E-state index contributed by atoms with van der Waals surface area (Å²) in [5.41, 5.74) is 0. The van der Waals surface area contributed by atoms with Crippen molar-refractivity contribution in [3.05, 3.63) is 21.9 Å². The summed E-state index contributed by atoms with van der Waals surface area (Å²) in [4.78, 5) is 5.59. The number of aryl methyl sites for hydroxylation is 1. The molecule has 1 aromatic heterocycles. The van der Waals surface area contributed by atoms with Crippen LogP contribution in [0.5, 0.6) is 0 Å². The van der Waals surface area contributed by atoms with Gasteiger partial charge in [0.15, 0.2) is 0 Å². The molecule has 1 fully saturated rings. The highest BCUT2D eigenvalue weighted by Gasteiger charge is 2.17. The molecule has 0 amide bonds. The van der Waals surface area contributed by atoms with Crippen LogP contribution in [0.1, 0.15) is 35.9 Å². The molecule has 102 valence electrons. The molecule has 2 nitrogen and oxygen atoms in total. The van der Waals surface area contributed by atoms with Crippen molar-refractivity contribution < 1.29 is 0 Å². The number of thiophene rings is 1. The molecule has 18 heavy (non-hydrogen) atoms. The van der Waals surface area contributed by atoms with Crippen molar-refractivity contribution in [1.29, 1.82) is 0 Å². The topological polar surface area (TPSA) is 15.3 Å². The maximum atomic E-state index is 3.53. The quantitative estimate of drug-likeness (QED) is 0.850. The van der Waals surface area contributed by atoms with Crippen LogP contribution in [0.15, 0.2) is 12.1 Å². The summed E-state index contributed by atoms with van der Waals surface area (Å²) in [7, 11) is 0. The standard InChI is InChI=1S/C15H26N2S/c1-3-9-17(11-14-5-4-8-16-10-14)12-15-7-6-13(2)18-15/h6-7,14,16H,3-5,8-12H2,1-2H3. The van der Waals surface area contributed by atoms with E-state index in [-0.39, 0.29) is 0 Å². The molecule has 2 rings (SSSR count). The first-order chi connectivity index (χ1) is 8.78. The minimum atomic E-state index is 0.853. The van der Waals surface area contributed by atoms with E-state index in [4.69, 9.17) is 0 Å². The van der Waals surface area contributed by atoms with Gasteiger partial charge >= 0.3 is 0 Å². The van der Waals surface area contributed by atoms with Gasteiger partial charge in [-0.3, -0.25) is 4.90 Å². The molecular formula is C15H26N2S. The Kier molecular flexibility index (Phi) is 5.67. The zero-order valence-electron chi connectivity index (χ0n) is 11.7. The molecule has 1 unspecified atom stereocenters. The summed E-state index contributed by atoms with van der Waals surface area (Å²) in [6.45, 7) is 10.5. The van der Waals surface area contributed by atoms with E-state index in [1.165, 1.54) is 55.2 Å². The number of piperidine rings is 1. The second-order valence-electron chi connectivity index (χ2n) is 5.46. The molecule has 0 saturated carbocycles. The first-order valence-electron chi connectivity index (χ1n) is 7.26. The lowest BCUT2D eigenvalue weighted by Crippen LogP contribution is -2.38. The van der Waals surface area contributed by atoms with E-state index in [2.05, 4.69) is 36.2 Å². The Morgan fingerprint density at radius 1 is 1.44 bits per heavy atom. The Bertz CT molecular complexity index is 342. The monoisotopic (exact) mass is 266 g/mol. The zero-order chi connectivity index (χ0) is 12.8. The maximum Gasteiger partial charge on any atom is 0.0328 e. The summed E-state index contributed by atoms with van der Waals surface area (Å²) in [6, 6.07) is 4.54. The SMILES string of the molecule is CCCN(Cc1ccc(C)s1)CC1CCCNC1. The molecule has 3 heteroatoms. The predicted molar refractivity (Wildman–Crippen MR) is 80.2 cm³/mol. The molecule has 1 saturated heterocycles. The molecule has 1 aliphatic heterocycles. The number of hydrogen-bond acceptors (Lipinski definition) is 3. The van der Waals surface area contributed by atoms with Gasteiger partial charge in [-0.05, 0) is 63.9 Å². The number of nitrogens with zero attached hydrogens (tertiary/aromatic N) is 1. The van der Waals surface area contributed by atoms with Crippen molar-refractivity contribution >= 4 is 11.3 Å². The van der Waals surface area contributed by atoms with Gasteiger partial charge in [0.2, 0.25) is 0 Å². The highest BCUT2D eigenvalue weighted by atomic mass is 32.1. The summed E-state index contributed by atoms with van der Waals surface area (Å²) >= 11 is 1.95.